The first kappa shape index (κ1) is 13.6. The van der Waals surface area contributed by atoms with Crippen LogP contribution in [0.5, 0.6) is 0 Å². The maximum atomic E-state index is 10.2. The number of β-amino-alcohol motifs (C(OH)–C–C–N with tert-alkyl or cyclic N) is 1. The second-order valence-electron chi connectivity index (χ2n) is 5.46. The number of aliphatic hydroxyl groups is 1. The van der Waals surface area contributed by atoms with Gasteiger partial charge in [0.2, 0.25) is 0 Å². The molecule has 0 bridgehead atoms. The van der Waals surface area contributed by atoms with E-state index in [4.69, 9.17) is 0 Å². The number of aliphatic hydroxyl groups excluding tert-OH is 1. The topological polar surface area (TPSA) is 23.5 Å². The SMILES string of the molecule is CCCC1CCN(CC(O)c2ccccc2)CC1. The molecule has 0 saturated carbocycles. The maximum Gasteiger partial charge on any atom is 0.0916 e. The van der Waals surface area contributed by atoms with Crippen molar-refractivity contribution < 1.29 is 5.11 Å². The van der Waals surface area contributed by atoms with Gasteiger partial charge in [0.05, 0.1) is 6.10 Å². The average molecular weight is 247 g/mol. The van der Waals surface area contributed by atoms with Gasteiger partial charge in [-0.15, -0.1) is 0 Å². The van der Waals surface area contributed by atoms with E-state index in [0.29, 0.717) is 0 Å². The number of hydrogen-bond acceptors (Lipinski definition) is 2. The number of piperidine rings is 1. The minimum absolute atomic E-state index is 0.339. The van der Waals surface area contributed by atoms with Crippen molar-refractivity contribution in [2.45, 2.75) is 38.7 Å². The zero-order chi connectivity index (χ0) is 12.8. The summed E-state index contributed by atoms with van der Waals surface area (Å²) in [6.45, 7) is 5.34. The molecule has 1 fully saturated rings. The van der Waals surface area contributed by atoms with Crippen LogP contribution in [0, 0.1) is 5.92 Å². The molecule has 1 saturated heterocycles. The second kappa shape index (κ2) is 6.91. The quantitative estimate of drug-likeness (QED) is 0.863. The Bertz CT molecular complexity index is 330. The van der Waals surface area contributed by atoms with Gasteiger partial charge in [-0.05, 0) is 37.4 Å². The summed E-state index contributed by atoms with van der Waals surface area (Å²) >= 11 is 0. The van der Waals surface area contributed by atoms with Crippen LogP contribution in [0.1, 0.15) is 44.3 Å². The van der Waals surface area contributed by atoms with Gasteiger partial charge in [0, 0.05) is 6.54 Å². The molecule has 0 spiro atoms. The summed E-state index contributed by atoms with van der Waals surface area (Å²) in [4.78, 5) is 2.41. The van der Waals surface area contributed by atoms with Gasteiger partial charge in [0.1, 0.15) is 0 Å². The normalized spacial score (nSPS) is 19.9. The lowest BCUT2D eigenvalue weighted by Crippen LogP contribution is -2.36. The van der Waals surface area contributed by atoms with Gasteiger partial charge in [0.25, 0.3) is 0 Å². The Kier molecular flexibility index (Phi) is 5.21. The van der Waals surface area contributed by atoms with Crippen molar-refractivity contribution >= 4 is 0 Å². The van der Waals surface area contributed by atoms with Crippen LogP contribution < -0.4 is 0 Å². The number of nitrogens with zero attached hydrogens (tertiary/aromatic N) is 1. The fourth-order valence-electron chi connectivity index (χ4n) is 2.89. The Morgan fingerprint density at radius 1 is 1.22 bits per heavy atom. The van der Waals surface area contributed by atoms with E-state index in [9.17, 15) is 5.11 Å². The minimum Gasteiger partial charge on any atom is -0.387 e. The molecule has 1 heterocycles. The van der Waals surface area contributed by atoms with Gasteiger partial charge in [-0.2, -0.15) is 0 Å². The molecule has 1 aromatic rings. The summed E-state index contributed by atoms with van der Waals surface area (Å²) in [5, 5.41) is 10.2. The highest BCUT2D eigenvalue weighted by Gasteiger charge is 2.20. The second-order valence-corrected chi connectivity index (χ2v) is 5.46. The van der Waals surface area contributed by atoms with Gasteiger partial charge >= 0.3 is 0 Å². The molecule has 0 aliphatic carbocycles. The van der Waals surface area contributed by atoms with Crippen LogP contribution in [-0.2, 0) is 0 Å². The molecule has 0 aromatic heterocycles. The van der Waals surface area contributed by atoms with Crippen LogP contribution in [0.2, 0.25) is 0 Å². The molecular weight excluding hydrogens is 222 g/mol. The Hall–Kier alpha value is -0.860. The van der Waals surface area contributed by atoms with Crippen molar-refractivity contribution in [1.29, 1.82) is 0 Å². The third-order valence-electron chi connectivity index (χ3n) is 4.02. The van der Waals surface area contributed by atoms with Gasteiger partial charge in [-0.25, -0.2) is 0 Å². The lowest BCUT2D eigenvalue weighted by Gasteiger charge is -2.33. The third kappa shape index (κ3) is 3.82. The van der Waals surface area contributed by atoms with Crippen LogP contribution in [0.3, 0.4) is 0 Å². The van der Waals surface area contributed by atoms with E-state index >= 15 is 0 Å². The average Bonchev–Trinajstić information content (AvgIpc) is 2.42. The van der Waals surface area contributed by atoms with Gasteiger partial charge in [0.15, 0.2) is 0 Å². The Morgan fingerprint density at radius 2 is 1.89 bits per heavy atom. The van der Waals surface area contributed by atoms with Crippen LogP contribution in [-0.4, -0.2) is 29.6 Å². The van der Waals surface area contributed by atoms with Crippen molar-refractivity contribution in [2.75, 3.05) is 19.6 Å². The molecule has 2 rings (SSSR count). The van der Waals surface area contributed by atoms with E-state index in [1.807, 2.05) is 30.3 Å². The lowest BCUT2D eigenvalue weighted by molar-refractivity contribution is 0.0879. The highest BCUT2D eigenvalue weighted by atomic mass is 16.3. The van der Waals surface area contributed by atoms with Crippen molar-refractivity contribution in [3.8, 4) is 0 Å². The summed E-state index contributed by atoms with van der Waals surface area (Å²) in [6, 6.07) is 9.99. The standard InChI is InChI=1S/C16H25NO/c1-2-6-14-9-11-17(12-10-14)13-16(18)15-7-4-3-5-8-15/h3-5,7-8,14,16,18H,2,6,9-13H2,1H3. The molecule has 0 amide bonds. The largest absolute Gasteiger partial charge is 0.387 e. The first-order valence-corrected chi connectivity index (χ1v) is 7.25. The van der Waals surface area contributed by atoms with Gasteiger partial charge in [-0.1, -0.05) is 50.1 Å². The monoisotopic (exact) mass is 247 g/mol. The predicted molar refractivity (Wildman–Crippen MR) is 75.5 cm³/mol. The van der Waals surface area contributed by atoms with Crippen molar-refractivity contribution in [3.63, 3.8) is 0 Å². The molecule has 1 atom stereocenters. The molecule has 2 heteroatoms. The highest BCUT2D eigenvalue weighted by Crippen LogP contribution is 2.23. The summed E-state index contributed by atoms with van der Waals surface area (Å²) in [5.41, 5.74) is 1.04. The van der Waals surface area contributed by atoms with E-state index in [1.54, 1.807) is 0 Å². The molecule has 1 unspecified atom stereocenters. The van der Waals surface area contributed by atoms with Crippen LogP contribution in [0.4, 0.5) is 0 Å². The number of hydrogen-bond donors (Lipinski definition) is 1. The van der Waals surface area contributed by atoms with Crippen molar-refractivity contribution in [2.24, 2.45) is 5.92 Å². The first-order valence-electron chi connectivity index (χ1n) is 7.25. The van der Waals surface area contributed by atoms with Crippen molar-refractivity contribution in [3.05, 3.63) is 35.9 Å². The van der Waals surface area contributed by atoms with E-state index in [0.717, 1.165) is 31.1 Å². The maximum absolute atomic E-state index is 10.2. The Balaban J connectivity index is 1.78. The molecular formula is C16H25NO. The van der Waals surface area contributed by atoms with Crippen LogP contribution in [0.15, 0.2) is 30.3 Å². The molecule has 1 aromatic carbocycles. The van der Waals surface area contributed by atoms with Crippen molar-refractivity contribution in [1.82, 2.24) is 4.90 Å². The van der Waals surface area contributed by atoms with E-state index < -0.39 is 0 Å². The molecule has 0 radical (unpaired) electrons. The Labute approximate surface area is 111 Å². The molecule has 1 aliphatic heterocycles. The van der Waals surface area contributed by atoms with E-state index in [2.05, 4.69) is 11.8 Å². The summed E-state index contributed by atoms with van der Waals surface area (Å²) in [7, 11) is 0. The molecule has 1 N–H and O–H groups in total. The fourth-order valence-corrected chi connectivity index (χ4v) is 2.89. The number of benzene rings is 1. The molecule has 100 valence electrons. The van der Waals surface area contributed by atoms with Crippen LogP contribution in [0.25, 0.3) is 0 Å². The third-order valence-corrected chi connectivity index (χ3v) is 4.02. The summed E-state index contributed by atoms with van der Waals surface area (Å²) in [5.74, 6) is 0.917. The minimum atomic E-state index is -0.339. The predicted octanol–water partition coefficient (Wildman–Crippen LogP) is 3.23. The molecule has 2 nitrogen and oxygen atoms in total. The smallest absolute Gasteiger partial charge is 0.0916 e. The zero-order valence-corrected chi connectivity index (χ0v) is 11.4. The molecule has 18 heavy (non-hydrogen) atoms. The summed E-state index contributed by atoms with van der Waals surface area (Å²) in [6.07, 6.45) is 4.94. The van der Waals surface area contributed by atoms with Crippen LogP contribution >= 0.6 is 0 Å². The Morgan fingerprint density at radius 3 is 2.50 bits per heavy atom. The van der Waals surface area contributed by atoms with E-state index in [-0.39, 0.29) is 6.10 Å². The fraction of sp³-hybridized carbons (Fsp3) is 0.625. The number of rotatable bonds is 5. The first-order chi connectivity index (χ1) is 8.79. The summed E-state index contributed by atoms with van der Waals surface area (Å²) < 4.78 is 0. The van der Waals surface area contributed by atoms with Gasteiger partial charge in [-0.3, -0.25) is 0 Å². The zero-order valence-electron chi connectivity index (χ0n) is 11.4. The van der Waals surface area contributed by atoms with Gasteiger partial charge < -0.3 is 10.0 Å². The lowest BCUT2D eigenvalue weighted by atomic mass is 9.92. The number of likely N-dealkylation sites (tertiary alicyclic amines) is 1. The van der Waals surface area contributed by atoms with E-state index in [1.165, 1.54) is 25.7 Å². The molecule has 1 aliphatic rings. The highest BCUT2D eigenvalue weighted by molar-refractivity contribution is 5.17.